The number of pyridine rings is 1. The zero-order chi connectivity index (χ0) is 13.4. The number of imidazole rings is 1. The predicted molar refractivity (Wildman–Crippen MR) is 73.1 cm³/mol. The Balaban J connectivity index is 2.08. The van der Waals surface area contributed by atoms with E-state index in [2.05, 4.69) is 9.98 Å². The molecule has 0 unspecified atom stereocenters. The van der Waals surface area contributed by atoms with Crippen molar-refractivity contribution in [3.05, 3.63) is 52.2 Å². The van der Waals surface area contributed by atoms with Crippen LogP contribution in [-0.4, -0.2) is 19.9 Å². The first-order valence-electron chi connectivity index (χ1n) is 5.79. The monoisotopic (exact) mass is 272 g/mol. The van der Waals surface area contributed by atoms with Gasteiger partial charge in [0.25, 0.3) is 5.91 Å². The lowest BCUT2D eigenvalue weighted by Gasteiger charge is -1.95. The van der Waals surface area contributed by atoms with Gasteiger partial charge >= 0.3 is 0 Å². The van der Waals surface area contributed by atoms with Crippen LogP contribution in [0.25, 0.3) is 5.65 Å². The van der Waals surface area contributed by atoms with Gasteiger partial charge in [0.15, 0.2) is 4.80 Å². The van der Waals surface area contributed by atoms with E-state index in [-0.39, 0.29) is 5.91 Å². The second-order valence-electron chi connectivity index (χ2n) is 4.23. The van der Waals surface area contributed by atoms with E-state index >= 15 is 0 Å². The Hall–Kier alpha value is -2.21. The van der Waals surface area contributed by atoms with Crippen LogP contribution < -0.4 is 4.80 Å². The van der Waals surface area contributed by atoms with Crippen molar-refractivity contribution in [3.63, 3.8) is 0 Å². The minimum absolute atomic E-state index is 0.318. The molecule has 0 spiro atoms. The molecule has 19 heavy (non-hydrogen) atoms. The normalized spacial score (nSPS) is 12.2. The van der Waals surface area contributed by atoms with Crippen LogP contribution in [0, 0.1) is 6.92 Å². The summed E-state index contributed by atoms with van der Waals surface area (Å²) in [5.74, 6) is -0.318. The molecule has 3 heterocycles. The number of nitrogens with zero attached hydrogens (tertiary/aromatic N) is 4. The molecule has 0 aliphatic rings. The Morgan fingerprint density at radius 3 is 2.95 bits per heavy atom. The summed E-state index contributed by atoms with van der Waals surface area (Å²) in [5.41, 5.74) is 2.16. The lowest BCUT2D eigenvalue weighted by molar-refractivity contribution is 0.0993. The lowest BCUT2D eigenvalue weighted by atomic mass is 10.4. The molecule has 5 nitrogen and oxygen atoms in total. The molecule has 96 valence electrons. The third kappa shape index (κ3) is 2.10. The molecule has 0 saturated heterocycles. The molecule has 6 heteroatoms. The molecule has 0 atom stereocenters. The molecule has 0 bridgehead atoms. The zero-order valence-corrected chi connectivity index (χ0v) is 11.4. The molecule has 0 aromatic carbocycles. The van der Waals surface area contributed by atoms with Crippen LogP contribution in [0.15, 0.2) is 41.0 Å². The van der Waals surface area contributed by atoms with E-state index in [4.69, 9.17) is 0 Å². The van der Waals surface area contributed by atoms with Crippen LogP contribution >= 0.6 is 11.3 Å². The smallest absolute Gasteiger partial charge is 0.299 e. The number of aryl methyl sites for hydroxylation is 2. The zero-order valence-electron chi connectivity index (χ0n) is 10.6. The van der Waals surface area contributed by atoms with Crippen molar-refractivity contribution < 1.29 is 4.79 Å². The summed E-state index contributed by atoms with van der Waals surface area (Å²) in [6.07, 6.45) is 3.59. The molecule has 1 amide bonds. The van der Waals surface area contributed by atoms with E-state index in [1.807, 2.05) is 52.7 Å². The number of fused-ring (bicyclic) bond motifs is 1. The van der Waals surface area contributed by atoms with Crippen LogP contribution in [0.3, 0.4) is 0 Å². The lowest BCUT2D eigenvalue weighted by Crippen LogP contribution is -2.12. The largest absolute Gasteiger partial charge is 0.327 e. The number of carbonyl (C=O) groups is 1. The third-order valence-corrected chi connectivity index (χ3v) is 3.72. The second kappa shape index (κ2) is 4.47. The van der Waals surface area contributed by atoms with Crippen molar-refractivity contribution in [2.45, 2.75) is 6.92 Å². The van der Waals surface area contributed by atoms with Gasteiger partial charge in [-0.15, -0.1) is 11.3 Å². The van der Waals surface area contributed by atoms with E-state index in [1.165, 1.54) is 11.3 Å². The van der Waals surface area contributed by atoms with Gasteiger partial charge in [0.05, 0.1) is 0 Å². The van der Waals surface area contributed by atoms with E-state index in [1.54, 1.807) is 6.20 Å². The molecular weight excluding hydrogens is 260 g/mol. The van der Waals surface area contributed by atoms with Crippen LogP contribution in [-0.2, 0) is 7.05 Å². The molecule has 3 aromatic heterocycles. The van der Waals surface area contributed by atoms with Crippen molar-refractivity contribution in [2.75, 3.05) is 0 Å². The minimum atomic E-state index is -0.318. The first kappa shape index (κ1) is 11.9. The highest BCUT2D eigenvalue weighted by Crippen LogP contribution is 2.09. The van der Waals surface area contributed by atoms with Gasteiger partial charge < -0.3 is 8.97 Å². The van der Waals surface area contributed by atoms with Gasteiger partial charge in [-0.3, -0.25) is 4.79 Å². The average Bonchev–Trinajstić information content (AvgIpc) is 2.97. The highest BCUT2D eigenvalue weighted by atomic mass is 32.1. The Morgan fingerprint density at radius 1 is 1.42 bits per heavy atom. The summed E-state index contributed by atoms with van der Waals surface area (Å²) in [6.45, 7) is 1.97. The van der Waals surface area contributed by atoms with Gasteiger partial charge in [-0.05, 0) is 19.1 Å². The standard InChI is InChI=1S/C13H12N4OS/c1-9-4-3-5-11-14-10(8-17(9)11)12(18)15-13-16(2)6-7-19-13/h3-8H,1-2H3. The third-order valence-electron chi connectivity index (χ3n) is 2.87. The number of hydrogen-bond donors (Lipinski definition) is 0. The van der Waals surface area contributed by atoms with Gasteiger partial charge in [-0.2, -0.15) is 4.99 Å². The maximum Gasteiger partial charge on any atom is 0.299 e. The van der Waals surface area contributed by atoms with Crippen molar-refractivity contribution in [1.29, 1.82) is 0 Å². The van der Waals surface area contributed by atoms with Crippen LogP contribution in [0.1, 0.15) is 16.2 Å². The van der Waals surface area contributed by atoms with Gasteiger partial charge in [0.2, 0.25) is 0 Å². The topological polar surface area (TPSA) is 51.7 Å². The Bertz CT molecular complexity index is 824. The first-order chi connectivity index (χ1) is 9.15. The molecule has 0 radical (unpaired) electrons. The van der Waals surface area contributed by atoms with Gasteiger partial charge in [-0.1, -0.05) is 6.07 Å². The van der Waals surface area contributed by atoms with Crippen molar-refractivity contribution in [3.8, 4) is 0 Å². The van der Waals surface area contributed by atoms with E-state index in [0.29, 0.717) is 10.5 Å². The quantitative estimate of drug-likeness (QED) is 0.678. The molecule has 0 aliphatic heterocycles. The first-order valence-corrected chi connectivity index (χ1v) is 6.67. The van der Waals surface area contributed by atoms with Gasteiger partial charge in [-0.25, -0.2) is 4.98 Å². The van der Waals surface area contributed by atoms with Gasteiger partial charge in [0.1, 0.15) is 11.3 Å². The molecular formula is C13H12N4OS. The van der Waals surface area contributed by atoms with Crippen molar-refractivity contribution >= 4 is 22.9 Å². The highest BCUT2D eigenvalue weighted by molar-refractivity contribution is 7.07. The number of carbonyl (C=O) groups excluding carboxylic acids is 1. The van der Waals surface area contributed by atoms with Gasteiger partial charge in [0, 0.05) is 30.5 Å². The van der Waals surface area contributed by atoms with Crippen LogP contribution in [0.4, 0.5) is 0 Å². The number of thiazole rings is 1. The summed E-state index contributed by atoms with van der Waals surface area (Å²) >= 11 is 1.42. The Morgan fingerprint density at radius 2 is 2.26 bits per heavy atom. The van der Waals surface area contributed by atoms with E-state index in [0.717, 1.165) is 11.3 Å². The number of hydrogen-bond acceptors (Lipinski definition) is 3. The van der Waals surface area contributed by atoms with Crippen molar-refractivity contribution in [1.82, 2.24) is 14.0 Å². The fourth-order valence-corrected chi connectivity index (χ4v) is 2.56. The maximum atomic E-state index is 12.1. The van der Waals surface area contributed by atoms with Crippen LogP contribution in [0.5, 0.6) is 0 Å². The SMILES string of the molecule is Cc1cccc2nc(C(=O)N=c3sccn3C)cn12. The summed E-state index contributed by atoms with van der Waals surface area (Å²) in [4.78, 5) is 21.1. The molecule has 0 saturated carbocycles. The Kier molecular flexibility index (Phi) is 2.79. The summed E-state index contributed by atoms with van der Waals surface area (Å²) in [5, 5.41) is 1.89. The molecule has 0 fully saturated rings. The summed E-state index contributed by atoms with van der Waals surface area (Å²) < 4.78 is 3.70. The maximum absolute atomic E-state index is 12.1. The number of amides is 1. The van der Waals surface area contributed by atoms with Crippen molar-refractivity contribution in [2.24, 2.45) is 12.0 Å². The molecule has 0 N–H and O–H groups in total. The number of rotatable bonds is 1. The van der Waals surface area contributed by atoms with E-state index < -0.39 is 0 Å². The summed E-state index contributed by atoms with van der Waals surface area (Å²) in [7, 11) is 1.86. The molecule has 0 aliphatic carbocycles. The second-order valence-corrected chi connectivity index (χ2v) is 5.11. The highest BCUT2D eigenvalue weighted by Gasteiger charge is 2.10. The fourth-order valence-electron chi connectivity index (χ4n) is 1.83. The minimum Gasteiger partial charge on any atom is -0.327 e. The molecule has 3 aromatic rings. The number of aromatic nitrogens is 3. The fraction of sp³-hybridized carbons (Fsp3) is 0.154. The summed E-state index contributed by atoms with van der Waals surface area (Å²) in [6, 6.07) is 5.76. The Labute approximate surface area is 113 Å². The van der Waals surface area contributed by atoms with Crippen LogP contribution in [0.2, 0.25) is 0 Å². The predicted octanol–water partition coefficient (Wildman–Crippen LogP) is 1.78. The molecule has 3 rings (SSSR count). The van der Waals surface area contributed by atoms with E-state index in [9.17, 15) is 4.79 Å². The average molecular weight is 272 g/mol.